The number of hydrogen-bond donors (Lipinski definition) is 2. The summed E-state index contributed by atoms with van der Waals surface area (Å²) in [7, 11) is 0. The summed E-state index contributed by atoms with van der Waals surface area (Å²) in [6, 6.07) is 5.57. The summed E-state index contributed by atoms with van der Waals surface area (Å²) >= 11 is 7.18. The first kappa shape index (κ1) is 15.2. The fourth-order valence-corrected chi connectivity index (χ4v) is 3.08. The van der Waals surface area contributed by atoms with E-state index in [0.717, 1.165) is 18.4 Å². The minimum atomic E-state index is -0.212. The van der Waals surface area contributed by atoms with Gasteiger partial charge >= 0.3 is 5.69 Å². The number of anilines is 1. The number of carbonyl (C=O) groups is 1. The Kier molecular flexibility index (Phi) is 4.26. The van der Waals surface area contributed by atoms with E-state index >= 15 is 0 Å². The lowest BCUT2D eigenvalue weighted by molar-refractivity contribution is -0.113. The van der Waals surface area contributed by atoms with Gasteiger partial charge in [-0.3, -0.25) is 9.36 Å². The third-order valence-electron chi connectivity index (χ3n) is 3.39. The van der Waals surface area contributed by atoms with Crippen molar-refractivity contribution >= 4 is 35.0 Å². The molecule has 1 aromatic heterocycles. The Morgan fingerprint density at radius 1 is 1.55 bits per heavy atom. The molecule has 1 aromatic carbocycles. The van der Waals surface area contributed by atoms with Crippen LogP contribution in [0.25, 0.3) is 0 Å². The van der Waals surface area contributed by atoms with E-state index in [1.807, 2.05) is 13.0 Å². The van der Waals surface area contributed by atoms with E-state index in [2.05, 4.69) is 15.5 Å². The minimum Gasteiger partial charge on any atom is -0.325 e. The summed E-state index contributed by atoms with van der Waals surface area (Å²) in [4.78, 5) is 23.7. The highest BCUT2D eigenvalue weighted by Gasteiger charge is 2.28. The van der Waals surface area contributed by atoms with Gasteiger partial charge in [0.25, 0.3) is 0 Å². The molecule has 0 bridgehead atoms. The number of H-pyrrole nitrogens is 1. The summed E-state index contributed by atoms with van der Waals surface area (Å²) in [5.74, 6) is 0.0244. The van der Waals surface area contributed by atoms with Gasteiger partial charge in [0, 0.05) is 16.8 Å². The van der Waals surface area contributed by atoms with E-state index in [4.69, 9.17) is 11.6 Å². The predicted octanol–water partition coefficient (Wildman–Crippen LogP) is 2.60. The second-order valence-electron chi connectivity index (χ2n) is 5.21. The zero-order chi connectivity index (χ0) is 15.7. The van der Waals surface area contributed by atoms with Crippen molar-refractivity contribution in [3.05, 3.63) is 39.3 Å². The molecule has 0 unspecified atom stereocenters. The highest BCUT2D eigenvalue weighted by atomic mass is 35.5. The van der Waals surface area contributed by atoms with Crippen molar-refractivity contribution in [3.63, 3.8) is 0 Å². The molecule has 2 N–H and O–H groups in total. The Bertz CT molecular complexity index is 766. The topological polar surface area (TPSA) is 79.8 Å². The van der Waals surface area contributed by atoms with E-state index < -0.39 is 0 Å². The van der Waals surface area contributed by atoms with Gasteiger partial charge in [-0.1, -0.05) is 29.4 Å². The molecule has 0 aliphatic heterocycles. The highest BCUT2D eigenvalue weighted by molar-refractivity contribution is 7.99. The molecule has 0 radical (unpaired) electrons. The van der Waals surface area contributed by atoms with Crippen molar-refractivity contribution in [3.8, 4) is 0 Å². The molecule has 1 fully saturated rings. The molecule has 1 aliphatic carbocycles. The number of aromatic amines is 1. The van der Waals surface area contributed by atoms with Crippen LogP contribution in [0.3, 0.4) is 0 Å². The summed E-state index contributed by atoms with van der Waals surface area (Å²) in [6.45, 7) is 1.90. The molecule has 1 aliphatic rings. The molecular formula is C14H15ClN4O2S. The molecular weight excluding hydrogens is 324 g/mol. The molecule has 2 aromatic rings. The van der Waals surface area contributed by atoms with Crippen LogP contribution in [0.2, 0.25) is 5.02 Å². The number of halogens is 1. The van der Waals surface area contributed by atoms with E-state index in [0.29, 0.717) is 15.9 Å². The first-order chi connectivity index (χ1) is 10.5. The third-order valence-corrected chi connectivity index (χ3v) is 4.58. The van der Waals surface area contributed by atoms with Crippen molar-refractivity contribution in [2.75, 3.05) is 11.1 Å². The SMILES string of the molecule is Cc1ccc(Cl)cc1NC(=O)CSc1n[nH]c(=O)n1C1CC1. The second kappa shape index (κ2) is 6.18. The quantitative estimate of drug-likeness (QED) is 0.821. The van der Waals surface area contributed by atoms with E-state index in [1.165, 1.54) is 11.8 Å². The van der Waals surface area contributed by atoms with Crippen molar-refractivity contribution in [2.24, 2.45) is 0 Å². The number of aromatic nitrogens is 3. The van der Waals surface area contributed by atoms with Gasteiger partial charge in [0.05, 0.1) is 5.75 Å². The molecule has 0 spiro atoms. The monoisotopic (exact) mass is 338 g/mol. The molecule has 8 heteroatoms. The van der Waals surface area contributed by atoms with Gasteiger partial charge in [-0.25, -0.2) is 9.89 Å². The summed E-state index contributed by atoms with van der Waals surface area (Å²) in [5.41, 5.74) is 1.42. The average Bonchev–Trinajstić information content (AvgIpc) is 3.24. The Balaban J connectivity index is 1.63. The Morgan fingerprint density at radius 2 is 2.32 bits per heavy atom. The lowest BCUT2D eigenvalue weighted by Gasteiger charge is -2.08. The number of nitrogens with one attached hydrogen (secondary N) is 2. The van der Waals surface area contributed by atoms with Gasteiger partial charge in [0.2, 0.25) is 5.91 Å². The van der Waals surface area contributed by atoms with Crippen molar-refractivity contribution in [1.29, 1.82) is 0 Å². The zero-order valence-corrected chi connectivity index (χ0v) is 13.5. The number of benzene rings is 1. The molecule has 0 atom stereocenters. The van der Waals surface area contributed by atoms with Crippen LogP contribution >= 0.6 is 23.4 Å². The van der Waals surface area contributed by atoms with Gasteiger partial charge in [0.1, 0.15) is 0 Å². The normalized spacial score (nSPS) is 14.1. The van der Waals surface area contributed by atoms with Gasteiger partial charge in [-0.15, -0.1) is 5.10 Å². The fourth-order valence-electron chi connectivity index (χ4n) is 2.09. The lowest BCUT2D eigenvalue weighted by atomic mass is 10.2. The summed E-state index contributed by atoms with van der Waals surface area (Å²) in [5, 5.41) is 10.4. The molecule has 22 heavy (non-hydrogen) atoms. The first-order valence-electron chi connectivity index (χ1n) is 6.90. The number of rotatable bonds is 5. The zero-order valence-electron chi connectivity index (χ0n) is 11.9. The minimum absolute atomic E-state index is 0.159. The van der Waals surface area contributed by atoms with Gasteiger partial charge < -0.3 is 5.32 Å². The molecule has 0 saturated heterocycles. The Hall–Kier alpha value is -1.73. The average molecular weight is 339 g/mol. The van der Waals surface area contributed by atoms with Crippen LogP contribution < -0.4 is 11.0 Å². The molecule has 1 saturated carbocycles. The van der Waals surface area contributed by atoms with Crippen LogP contribution in [-0.4, -0.2) is 26.4 Å². The third kappa shape index (κ3) is 3.36. The number of nitrogens with zero attached hydrogens (tertiary/aromatic N) is 2. The molecule has 116 valence electrons. The maximum atomic E-state index is 12.1. The summed E-state index contributed by atoms with van der Waals surface area (Å²) < 4.78 is 1.63. The predicted molar refractivity (Wildman–Crippen MR) is 86.7 cm³/mol. The van der Waals surface area contributed by atoms with E-state index in [1.54, 1.807) is 16.7 Å². The maximum absolute atomic E-state index is 12.1. The lowest BCUT2D eigenvalue weighted by Crippen LogP contribution is -2.18. The van der Waals surface area contributed by atoms with E-state index in [-0.39, 0.29) is 23.4 Å². The standard InChI is InChI=1S/C14H15ClN4O2S/c1-8-2-3-9(15)6-11(8)16-12(20)7-22-14-18-17-13(21)19(14)10-4-5-10/h2-3,6,10H,4-5,7H2,1H3,(H,16,20)(H,17,21). The maximum Gasteiger partial charge on any atom is 0.344 e. The summed E-state index contributed by atoms with van der Waals surface area (Å²) in [6.07, 6.45) is 1.97. The van der Waals surface area contributed by atoms with Crippen LogP contribution in [0.15, 0.2) is 28.2 Å². The highest BCUT2D eigenvalue weighted by Crippen LogP contribution is 2.36. The number of hydrogen-bond acceptors (Lipinski definition) is 4. The van der Waals surface area contributed by atoms with Crippen LogP contribution in [-0.2, 0) is 4.79 Å². The molecule has 1 heterocycles. The molecule has 1 amide bonds. The van der Waals surface area contributed by atoms with Crippen molar-refractivity contribution in [2.45, 2.75) is 31.0 Å². The van der Waals surface area contributed by atoms with Crippen molar-refractivity contribution in [1.82, 2.24) is 14.8 Å². The Labute approximate surface area is 136 Å². The smallest absolute Gasteiger partial charge is 0.325 e. The largest absolute Gasteiger partial charge is 0.344 e. The van der Waals surface area contributed by atoms with Gasteiger partial charge in [-0.05, 0) is 37.5 Å². The fraction of sp³-hybridized carbons (Fsp3) is 0.357. The number of aryl methyl sites for hydroxylation is 1. The van der Waals surface area contributed by atoms with Gasteiger partial charge in [-0.2, -0.15) is 0 Å². The van der Waals surface area contributed by atoms with E-state index in [9.17, 15) is 9.59 Å². The molecule has 6 nitrogen and oxygen atoms in total. The number of carbonyl (C=O) groups excluding carboxylic acids is 1. The van der Waals surface area contributed by atoms with Crippen LogP contribution in [0.5, 0.6) is 0 Å². The number of amides is 1. The Morgan fingerprint density at radius 3 is 3.05 bits per heavy atom. The van der Waals surface area contributed by atoms with Crippen molar-refractivity contribution < 1.29 is 4.79 Å². The van der Waals surface area contributed by atoms with Crippen LogP contribution in [0.1, 0.15) is 24.4 Å². The van der Waals surface area contributed by atoms with Crippen LogP contribution in [0, 0.1) is 6.92 Å². The van der Waals surface area contributed by atoms with Gasteiger partial charge in [0.15, 0.2) is 5.16 Å². The second-order valence-corrected chi connectivity index (χ2v) is 6.59. The van der Waals surface area contributed by atoms with Crippen LogP contribution in [0.4, 0.5) is 5.69 Å². The molecule has 3 rings (SSSR count). The first-order valence-corrected chi connectivity index (χ1v) is 8.26. The number of thioether (sulfide) groups is 1.